The predicted octanol–water partition coefficient (Wildman–Crippen LogP) is 2.51. The molecule has 0 aliphatic heterocycles. The summed E-state index contributed by atoms with van der Waals surface area (Å²) in [5, 5.41) is 3.09. The second-order valence-corrected chi connectivity index (χ2v) is 6.70. The van der Waals surface area contributed by atoms with Gasteiger partial charge in [-0.25, -0.2) is 0 Å². The molecule has 1 N–H and O–H groups in total. The Labute approximate surface area is 136 Å². The average Bonchev–Trinajstić information content (AvgIpc) is 3.22. The number of hydrogen-bond acceptors (Lipinski definition) is 2. The highest BCUT2D eigenvalue weighted by atomic mass is 16.2. The van der Waals surface area contributed by atoms with E-state index in [1.54, 1.807) is 10.8 Å². The Hall–Kier alpha value is -2.36. The average molecular weight is 310 g/mol. The zero-order chi connectivity index (χ0) is 16.6. The van der Waals surface area contributed by atoms with Gasteiger partial charge in [-0.15, -0.1) is 0 Å². The number of aryl methyl sites for hydroxylation is 3. The zero-order valence-electron chi connectivity index (χ0n) is 13.8. The molecule has 0 bridgehead atoms. The van der Waals surface area contributed by atoms with E-state index in [2.05, 4.69) is 30.4 Å². The standard InChI is InChI=1S/C19H22N2O2/c1-13-5-4-6-15(9-13)11-19(7-8-19)20-18(23)16-12-21(3)14(2)10-17(16)22/h4-6,9-10,12H,7-8,11H2,1-3H3,(H,20,23). The highest BCUT2D eigenvalue weighted by molar-refractivity contribution is 5.94. The summed E-state index contributed by atoms with van der Waals surface area (Å²) < 4.78 is 1.80. The lowest BCUT2D eigenvalue weighted by atomic mass is 10.0. The summed E-state index contributed by atoms with van der Waals surface area (Å²) in [4.78, 5) is 24.6. The van der Waals surface area contributed by atoms with Gasteiger partial charge in [0.1, 0.15) is 5.56 Å². The van der Waals surface area contributed by atoms with Gasteiger partial charge in [0.05, 0.1) is 0 Å². The summed E-state index contributed by atoms with van der Waals surface area (Å²) in [7, 11) is 1.84. The van der Waals surface area contributed by atoms with E-state index in [1.807, 2.05) is 20.0 Å². The molecule has 0 unspecified atom stereocenters. The summed E-state index contributed by atoms with van der Waals surface area (Å²) in [6.07, 6.45) is 4.35. The fraction of sp³-hybridized carbons (Fsp3) is 0.368. The lowest BCUT2D eigenvalue weighted by Gasteiger charge is -2.18. The minimum atomic E-state index is -0.268. The van der Waals surface area contributed by atoms with Crippen LogP contribution in [0.5, 0.6) is 0 Å². The van der Waals surface area contributed by atoms with Gasteiger partial charge in [0.25, 0.3) is 5.91 Å². The molecule has 0 radical (unpaired) electrons. The number of amides is 1. The Balaban J connectivity index is 1.77. The summed E-state index contributed by atoms with van der Waals surface area (Å²) in [6, 6.07) is 9.85. The van der Waals surface area contributed by atoms with Gasteiger partial charge in [-0.05, 0) is 38.7 Å². The molecule has 1 fully saturated rings. The van der Waals surface area contributed by atoms with Crippen LogP contribution in [0.15, 0.2) is 41.3 Å². The molecule has 1 aliphatic carbocycles. The van der Waals surface area contributed by atoms with Crippen molar-refractivity contribution in [3.63, 3.8) is 0 Å². The Morgan fingerprint density at radius 2 is 2.00 bits per heavy atom. The van der Waals surface area contributed by atoms with Crippen LogP contribution in [-0.4, -0.2) is 16.0 Å². The third-order valence-corrected chi connectivity index (χ3v) is 4.59. The van der Waals surface area contributed by atoms with Gasteiger partial charge in [0, 0.05) is 30.5 Å². The van der Waals surface area contributed by atoms with Crippen molar-refractivity contribution < 1.29 is 4.79 Å². The summed E-state index contributed by atoms with van der Waals surface area (Å²) >= 11 is 0. The molecular weight excluding hydrogens is 288 g/mol. The molecule has 1 amide bonds. The van der Waals surface area contributed by atoms with Gasteiger partial charge in [-0.1, -0.05) is 29.8 Å². The van der Waals surface area contributed by atoms with Gasteiger partial charge in [0.2, 0.25) is 0 Å². The van der Waals surface area contributed by atoms with Crippen molar-refractivity contribution in [2.75, 3.05) is 0 Å². The molecule has 0 spiro atoms. The third-order valence-electron chi connectivity index (χ3n) is 4.59. The van der Waals surface area contributed by atoms with Crippen molar-refractivity contribution in [3.8, 4) is 0 Å². The molecule has 1 aromatic heterocycles. The summed E-state index contributed by atoms with van der Waals surface area (Å²) in [6.45, 7) is 3.92. The molecule has 1 heterocycles. The van der Waals surface area contributed by atoms with Crippen LogP contribution >= 0.6 is 0 Å². The molecule has 23 heavy (non-hydrogen) atoms. The first-order chi connectivity index (χ1) is 10.9. The molecule has 0 saturated heterocycles. The lowest BCUT2D eigenvalue weighted by Crippen LogP contribution is -2.40. The number of pyridine rings is 1. The lowest BCUT2D eigenvalue weighted by molar-refractivity contribution is 0.0929. The number of hydrogen-bond donors (Lipinski definition) is 1. The van der Waals surface area contributed by atoms with E-state index in [9.17, 15) is 9.59 Å². The van der Waals surface area contributed by atoms with E-state index in [0.29, 0.717) is 0 Å². The van der Waals surface area contributed by atoms with E-state index in [-0.39, 0.29) is 22.4 Å². The molecule has 4 heteroatoms. The summed E-state index contributed by atoms with van der Waals surface area (Å²) in [5.74, 6) is -0.268. The SMILES string of the molecule is Cc1cccc(CC2(NC(=O)c3cn(C)c(C)cc3=O)CC2)c1. The smallest absolute Gasteiger partial charge is 0.257 e. The fourth-order valence-electron chi connectivity index (χ4n) is 2.92. The monoisotopic (exact) mass is 310 g/mol. The van der Waals surface area contributed by atoms with Gasteiger partial charge in [-0.2, -0.15) is 0 Å². The highest BCUT2D eigenvalue weighted by Gasteiger charge is 2.44. The van der Waals surface area contributed by atoms with E-state index < -0.39 is 0 Å². The van der Waals surface area contributed by atoms with Gasteiger partial charge in [-0.3, -0.25) is 9.59 Å². The first-order valence-corrected chi connectivity index (χ1v) is 7.94. The maximum Gasteiger partial charge on any atom is 0.257 e. The van der Waals surface area contributed by atoms with Crippen LogP contribution < -0.4 is 10.7 Å². The maximum absolute atomic E-state index is 12.5. The summed E-state index contributed by atoms with van der Waals surface area (Å²) in [5.41, 5.74) is 3.09. The fourth-order valence-corrected chi connectivity index (χ4v) is 2.92. The van der Waals surface area contributed by atoms with Crippen LogP contribution in [0.1, 0.15) is 40.0 Å². The number of rotatable bonds is 4. The molecule has 120 valence electrons. The molecule has 1 aliphatic rings. The molecular formula is C19H22N2O2. The van der Waals surface area contributed by atoms with E-state index in [4.69, 9.17) is 0 Å². The van der Waals surface area contributed by atoms with Crippen LogP contribution in [0.2, 0.25) is 0 Å². The second-order valence-electron chi connectivity index (χ2n) is 6.70. The first kappa shape index (κ1) is 15.5. The Bertz CT molecular complexity index is 816. The zero-order valence-corrected chi connectivity index (χ0v) is 13.8. The molecule has 4 nitrogen and oxygen atoms in total. The van der Waals surface area contributed by atoms with Crippen LogP contribution in [0.3, 0.4) is 0 Å². The number of aromatic nitrogens is 1. The topological polar surface area (TPSA) is 51.1 Å². The highest BCUT2D eigenvalue weighted by Crippen LogP contribution is 2.38. The van der Waals surface area contributed by atoms with E-state index in [0.717, 1.165) is 25.0 Å². The largest absolute Gasteiger partial charge is 0.354 e. The quantitative estimate of drug-likeness (QED) is 0.943. The minimum Gasteiger partial charge on any atom is -0.354 e. The Morgan fingerprint density at radius 1 is 1.26 bits per heavy atom. The van der Waals surface area contributed by atoms with E-state index >= 15 is 0 Å². The molecule has 1 aromatic carbocycles. The van der Waals surface area contributed by atoms with Crippen molar-refractivity contribution in [3.05, 3.63) is 69.1 Å². The van der Waals surface area contributed by atoms with Gasteiger partial charge in [0.15, 0.2) is 5.43 Å². The molecule has 1 saturated carbocycles. The van der Waals surface area contributed by atoms with Gasteiger partial charge >= 0.3 is 0 Å². The number of carbonyl (C=O) groups excluding carboxylic acids is 1. The van der Waals surface area contributed by atoms with Crippen molar-refractivity contribution >= 4 is 5.91 Å². The minimum absolute atomic E-state index is 0.194. The molecule has 0 atom stereocenters. The van der Waals surface area contributed by atoms with Gasteiger partial charge < -0.3 is 9.88 Å². The van der Waals surface area contributed by atoms with Crippen molar-refractivity contribution in [1.29, 1.82) is 0 Å². The predicted molar refractivity (Wildman–Crippen MR) is 90.7 cm³/mol. The van der Waals surface area contributed by atoms with Crippen LogP contribution in [0.25, 0.3) is 0 Å². The van der Waals surface area contributed by atoms with Crippen molar-refractivity contribution in [2.24, 2.45) is 7.05 Å². The van der Waals surface area contributed by atoms with Crippen LogP contribution in [-0.2, 0) is 13.5 Å². The number of nitrogens with one attached hydrogen (secondary N) is 1. The number of nitrogens with zero attached hydrogens (tertiary/aromatic N) is 1. The van der Waals surface area contributed by atoms with E-state index in [1.165, 1.54) is 17.2 Å². The second kappa shape index (κ2) is 5.69. The normalized spacial score (nSPS) is 15.3. The molecule has 2 aromatic rings. The van der Waals surface area contributed by atoms with Crippen molar-refractivity contribution in [1.82, 2.24) is 9.88 Å². The first-order valence-electron chi connectivity index (χ1n) is 7.94. The maximum atomic E-state index is 12.5. The van der Waals surface area contributed by atoms with Crippen molar-refractivity contribution in [2.45, 2.75) is 38.6 Å². The number of carbonyl (C=O) groups is 1. The van der Waals surface area contributed by atoms with Crippen LogP contribution in [0, 0.1) is 13.8 Å². The van der Waals surface area contributed by atoms with Crippen LogP contribution in [0.4, 0.5) is 0 Å². The Kier molecular flexibility index (Phi) is 3.84. The number of benzene rings is 1. The molecule has 3 rings (SSSR count). The third kappa shape index (κ3) is 3.36. The Morgan fingerprint density at radius 3 is 2.65 bits per heavy atom.